The van der Waals surface area contributed by atoms with Crippen molar-refractivity contribution in [3.63, 3.8) is 0 Å². The highest BCUT2D eigenvalue weighted by Gasteiger charge is 2.28. The number of aromatic nitrogens is 2. The van der Waals surface area contributed by atoms with Gasteiger partial charge < -0.3 is 15.6 Å². The molecule has 23 heavy (non-hydrogen) atoms. The Kier molecular flexibility index (Phi) is 4.94. The van der Waals surface area contributed by atoms with Crippen LogP contribution < -0.4 is 16.2 Å². The fourth-order valence-electron chi connectivity index (χ4n) is 2.80. The first-order chi connectivity index (χ1) is 10.6. The Morgan fingerprint density at radius 1 is 1.30 bits per heavy atom. The van der Waals surface area contributed by atoms with Crippen molar-refractivity contribution in [1.29, 1.82) is 0 Å². The van der Waals surface area contributed by atoms with Crippen molar-refractivity contribution in [3.05, 3.63) is 27.4 Å². The standard InChI is InChI=1S/C17H28N4O2/c1-11-12(14(23)21-15(20-11)16(2,3)4)13(22)19-10-17(5)6-8-18-9-7-17/h18H,6-10H2,1-5H3,(H,19,22)(H,20,21,23). The molecule has 1 aromatic heterocycles. The normalized spacial score (nSPS) is 17.8. The molecule has 1 fully saturated rings. The lowest BCUT2D eigenvalue weighted by atomic mass is 9.81. The number of piperidine rings is 1. The summed E-state index contributed by atoms with van der Waals surface area (Å²) in [5.74, 6) is 0.262. The van der Waals surface area contributed by atoms with E-state index in [2.05, 4.69) is 27.5 Å². The van der Waals surface area contributed by atoms with Crippen molar-refractivity contribution in [3.8, 4) is 0 Å². The summed E-state index contributed by atoms with van der Waals surface area (Å²) in [4.78, 5) is 31.9. The predicted molar refractivity (Wildman–Crippen MR) is 90.8 cm³/mol. The average molecular weight is 320 g/mol. The molecule has 2 heterocycles. The van der Waals surface area contributed by atoms with Crippen LogP contribution in [-0.4, -0.2) is 35.5 Å². The molecule has 2 rings (SSSR count). The minimum atomic E-state index is -0.365. The van der Waals surface area contributed by atoms with Crippen molar-refractivity contribution in [1.82, 2.24) is 20.6 Å². The number of rotatable bonds is 3. The first kappa shape index (κ1) is 17.7. The molecule has 1 saturated heterocycles. The smallest absolute Gasteiger partial charge is 0.264 e. The monoisotopic (exact) mass is 320 g/mol. The number of hydrogen-bond acceptors (Lipinski definition) is 4. The predicted octanol–water partition coefficient (Wildman–Crippen LogP) is 1.50. The number of nitrogens with one attached hydrogen (secondary N) is 3. The molecule has 0 radical (unpaired) electrons. The van der Waals surface area contributed by atoms with Crippen LogP contribution in [0.1, 0.15) is 62.4 Å². The summed E-state index contributed by atoms with van der Waals surface area (Å²) in [7, 11) is 0. The van der Waals surface area contributed by atoms with Crippen molar-refractivity contribution in [2.75, 3.05) is 19.6 Å². The zero-order valence-corrected chi connectivity index (χ0v) is 14.8. The van der Waals surface area contributed by atoms with Gasteiger partial charge in [-0.3, -0.25) is 9.59 Å². The Hall–Kier alpha value is -1.69. The highest BCUT2D eigenvalue weighted by Crippen LogP contribution is 2.26. The highest BCUT2D eigenvalue weighted by molar-refractivity contribution is 5.94. The number of amides is 1. The molecule has 128 valence electrons. The Labute approximate surface area is 137 Å². The highest BCUT2D eigenvalue weighted by atomic mass is 16.2. The molecule has 1 aliphatic heterocycles. The number of aryl methyl sites for hydroxylation is 1. The van der Waals surface area contributed by atoms with Crippen LogP contribution >= 0.6 is 0 Å². The van der Waals surface area contributed by atoms with Gasteiger partial charge >= 0.3 is 0 Å². The first-order valence-electron chi connectivity index (χ1n) is 8.23. The van der Waals surface area contributed by atoms with Crippen molar-refractivity contribution in [2.45, 2.75) is 52.9 Å². The Morgan fingerprint density at radius 3 is 2.43 bits per heavy atom. The van der Waals surface area contributed by atoms with Gasteiger partial charge in [-0.15, -0.1) is 0 Å². The number of hydrogen-bond donors (Lipinski definition) is 3. The third kappa shape index (κ3) is 4.19. The SMILES string of the molecule is Cc1nc(C(C)(C)C)[nH]c(=O)c1C(=O)NCC1(C)CCNCC1. The molecule has 0 spiro atoms. The van der Waals surface area contributed by atoms with E-state index in [4.69, 9.17) is 0 Å². The quantitative estimate of drug-likeness (QED) is 0.787. The Morgan fingerprint density at radius 2 is 1.91 bits per heavy atom. The van der Waals surface area contributed by atoms with Crippen molar-refractivity contribution in [2.24, 2.45) is 5.41 Å². The van der Waals surface area contributed by atoms with Gasteiger partial charge in [-0.05, 0) is 38.3 Å². The lowest BCUT2D eigenvalue weighted by Crippen LogP contribution is -2.44. The van der Waals surface area contributed by atoms with E-state index in [0.717, 1.165) is 25.9 Å². The second-order valence-corrected chi connectivity index (χ2v) is 7.87. The van der Waals surface area contributed by atoms with E-state index >= 15 is 0 Å². The molecule has 0 aliphatic carbocycles. The molecule has 0 unspecified atom stereocenters. The van der Waals surface area contributed by atoms with Crippen LogP contribution in [0.5, 0.6) is 0 Å². The van der Waals surface area contributed by atoms with Gasteiger partial charge in [0.05, 0.1) is 5.69 Å². The molecular formula is C17H28N4O2. The minimum Gasteiger partial charge on any atom is -0.351 e. The molecule has 1 amide bonds. The first-order valence-corrected chi connectivity index (χ1v) is 8.23. The Bertz CT molecular complexity index is 637. The number of carbonyl (C=O) groups excluding carboxylic acids is 1. The van der Waals surface area contributed by atoms with Gasteiger partial charge in [0.15, 0.2) is 0 Å². The lowest BCUT2D eigenvalue weighted by Gasteiger charge is -2.34. The van der Waals surface area contributed by atoms with Crippen LogP contribution in [0.4, 0.5) is 0 Å². The van der Waals surface area contributed by atoms with Crippen LogP contribution in [0.3, 0.4) is 0 Å². The van der Waals surface area contributed by atoms with Crippen LogP contribution in [0, 0.1) is 12.3 Å². The molecule has 1 aromatic rings. The average Bonchev–Trinajstić information content (AvgIpc) is 2.44. The van der Waals surface area contributed by atoms with Gasteiger partial charge in [-0.25, -0.2) is 4.98 Å². The molecule has 0 bridgehead atoms. The number of nitrogens with zero attached hydrogens (tertiary/aromatic N) is 1. The third-order valence-corrected chi connectivity index (χ3v) is 4.52. The zero-order valence-electron chi connectivity index (χ0n) is 14.8. The van der Waals surface area contributed by atoms with Crippen LogP contribution in [-0.2, 0) is 5.41 Å². The fraction of sp³-hybridized carbons (Fsp3) is 0.706. The van der Waals surface area contributed by atoms with Gasteiger partial charge in [-0.2, -0.15) is 0 Å². The summed E-state index contributed by atoms with van der Waals surface area (Å²) in [5.41, 5.74) is 0.0551. The van der Waals surface area contributed by atoms with Crippen LogP contribution in [0.2, 0.25) is 0 Å². The van der Waals surface area contributed by atoms with E-state index in [1.165, 1.54) is 0 Å². The maximum Gasteiger partial charge on any atom is 0.264 e. The third-order valence-electron chi connectivity index (χ3n) is 4.52. The summed E-state index contributed by atoms with van der Waals surface area (Å²) >= 11 is 0. The molecule has 6 nitrogen and oxygen atoms in total. The minimum absolute atomic E-state index is 0.0837. The van der Waals surface area contributed by atoms with Gasteiger partial charge in [0.2, 0.25) is 0 Å². The Balaban J connectivity index is 2.15. The van der Waals surface area contributed by atoms with E-state index in [-0.39, 0.29) is 27.9 Å². The second-order valence-electron chi connectivity index (χ2n) is 7.87. The molecule has 0 aromatic carbocycles. The topological polar surface area (TPSA) is 86.9 Å². The number of aromatic amines is 1. The molecular weight excluding hydrogens is 292 g/mol. The molecule has 6 heteroatoms. The maximum absolute atomic E-state index is 12.4. The maximum atomic E-state index is 12.4. The van der Waals surface area contributed by atoms with Gasteiger partial charge in [-0.1, -0.05) is 27.7 Å². The molecule has 3 N–H and O–H groups in total. The van der Waals surface area contributed by atoms with E-state index in [0.29, 0.717) is 18.1 Å². The van der Waals surface area contributed by atoms with E-state index < -0.39 is 0 Å². The summed E-state index contributed by atoms with van der Waals surface area (Å²) in [6.07, 6.45) is 2.04. The van der Waals surface area contributed by atoms with Crippen molar-refractivity contribution < 1.29 is 4.79 Å². The number of carbonyl (C=O) groups is 1. The summed E-state index contributed by atoms with van der Waals surface area (Å²) in [6, 6.07) is 0. The second kappa shape index (κ2) is 6.43. The largest absolute Gasteiger partial charge is 0.351 e. The van der Waals surface area contributed by atoms with E-state index in [1.54, 1.807) is 6.92 Å². The molecule has 0 saturated carbocycles. The lowest BCUT2D eigenvalue weighted by molar-refractivity contribution is 0.0919. The zero-order chi connectivity index (χ0) is 17.3. The summed E-state index contributed by atoms with van der Waals surface area (Å²) in [5, 5.41) is 6.24. The van der Waals surface area contributed by atoms with Crippen molar-refractivity contribution >= 4 is 5.91 Å². The van der Waals surface area contributed by atoms with Gasteiger partial charge in [0.1, 0.15) is 11.4 Å². The van der Waals surface area contributed by atoms with Gasteiger partial charge in [0, 0.05) is 12.0 Å². The molecule has 1 aliphatic rings. The number of H-pyrrole nitrogens is 1. The van der Waals surface area contributed by atoms with Crippen LogP contribution in [0.25, 0.3) is 0 Å². The molecule has 0 atom stereocenters. The van der Waals surface area contributed by atoms with E-state index in [1.807, 2.05) is 20.8 Å². The summed E-state index contributed by atoms with van der Waals surface area (Å²) < 4.78 is 0. The fourth-order valence-corrected chi connectivity index (χ4v) is 2.80. The van der Waals surface area contributed by atoms with Gasteiger partial charge in [0.25, 0.3) is 11.5 Å². The summed E-state index contributed by atoms with van der Waals surface area (Å²) in [6.45, 7) is 12.3. The van der Waals surface area contributed by atoms with E-state index in [9.17, 15) is 9.59 Å². The van der Waals surface area contributed by atoms with Crippen LogP contribution in [0.15, 0.2) is 4.79 Å².